The molecule has 0 saturated heterocycles. The molecule has 122 valence electrons. The summed E-state index contributed by atoms with van der Waals surface area (Å²) in [5.74, 6) is -0.445. The van der Waals surface area contributed by atoms with Gasteiger partial charge in [-0.1, -0.05) is 23.9 Å². The second kappa shape index (κ2) is 7.28. The molecular formula is C15H18N4O3S. The third-order valence-electron chi connectivity index (χ3n) is 3.26. The van der Waals surface area contributed by atoms with Gasteiger partial charge in [-0.3, -0.25) is 19.5 Å². The minimum absolute atomic E-state index is 0.139. The molecule has 0 fully saturated rings. The smallest absolute Gasteiger partial charge is 0.321 e. The number of hydrogen-bond donors (Lipinski definition) is 2. The van der Waals surface area contributed by atoms with Gasteiger partial charge in [0.15, 0.2) is 5.16 Å². The number of carbonyl (C=O) groups is 2. The van der Waals surface area contributed by atoms with E-state index in [1.807, 2.05) is 6.92 Å². The number of para-hydroxylation sites is 1. The fraction of sp³-hybridized carbons (Fsp3) is 0.333. The van der Waals surface area contributed by atoms with Crippen molar-refractivity contribution in [1.82, 2.24) is 20.2 Å². The molecule has 0 saturated carbocycles. The highest BCUT2D eigenvalue weighted by molar-refractivity contribution is 8.00. The lowest BCUT2D eigenvalue weighted by atomic mass is 10.2. The highest BCUT2D eigenvalue weighted by atomic mass is 32.2. The number of thioether (sulfide) groups is 1. The van der Waals surface area contributed by atoms with E-state index >= 15 is 0 Å². The van der Waals surface area contributed by atoms with Crippen LogP contribution in [0.4, 0.5) is 4.79 Å². The van der Waals surface area contributed by atoms with Crippen LogP contribution in [0, 0.1) is 0 Å². The Bertz CT molecular complexity index is 803. The first kappa shape index (κ1) is 17.0. The van der Waals surface area contributed by atoms with Gasteiger partial charge >= 0.3 is 6.03 Å². The summed E-state index contributed by atoms with van der Waals surface area (Å²) in [6.45, 7) is 3.95. The maximum atomic E-state index is 12.5. The van der Waals surface area contributed by atoms with Gasteiger partial charge in [0.05, 0.1) is 16.2 Å². The zero-order valence-corrected chi connectivity index (χ0v) is 13.9. The van der Waals surface area contributed by atoms with E-state index in [0.29, 0.717) is 22.6 Å². The Labute approximate surface area is 137 Å². The van der Waals surface area contributed by atoms with Crippen molar-refractivity contribution in [3.05, 3.63) is 34.6 Å². The average Bonchev–Trinajstić information content (AvgIpc) is 2.55. The van der Waals surface area contributed by atoms with E-state index in [2.05, 4.69) is 15.6 Å². The highest BCUT2D eigenvalue weighted by Crippen LogP contribution is 2.22. The topological polar surface area (TPSA) is 93.1 Å². The van der Waals surface area contributed by atoms with Gasteiger partial charge in [0.25, 0.3) is 5.56 Å². The molecule has 1 atom stereocenters. The molecule has 7 nitrogen and oxygen atoms in total. The number of rotatable bonds is 4. The van der Waals surface area contributed by atoms with E-state index in [1.54, 1.807) is 31.2 Å². The summed E-state index contributed by atoms with van der Waals surface area (Å²) in [5.41, 5.74) is 0.447. The normalized spacial score (nSPS) is 12.0. The van der Waals surface area contributed by atoms with Gasteiger partial charge in [-0.25, -0.2) is 9.78 Å². The van der Waals surface area contributed by atoms with E-state index < -0.39 is 17.2 Å². The average molecular weight is 334 g/mol. The van der Waals surface area contributed by atoms with E-state index in [1.165, 1.54) is 11.6 Å². The third kappa shape index (κ3) is 3.70. The second-order valence-corrected chi connectivity index (χ2v) is 6.10. The van der Waals surface area contributed by atoms with Crippen molar-refractivity contribution in [2.45, 2.75) is 30.8 Å². The maximum absolute atomic E-state index is 12.5. The summed E-state index contributed by atoms with van der Waals surface area (Å²) < 4.78 is 1.52. The fourth-order valence-corrected chi connectivity index (χ4v) is 2.98. The summed E-state index contributed by atoms with van der Waals surface area (Å²) in [5, 5.41) is 4.96. The molecule has 0 aliphatic rings. The monoisotopic (exact) mass is 334 g/mol. The van der Waals surface area contributed by atoms with Gasteiger partial charge in [-0.05, 0) is 26.0 Å². The van der Waals surface area contributed by atoms with Crippen LogP contribution in [0.5, 0.6) is 0 Å². The Balaban J connectivity index is 2.34. The van der Waals surface area contributed by atoms with E-state index in [4.69, 9.17) is 0 Å². The first-order valence-electron chi connectivity index (χ1n) is 7.16. The van der Waals surface area contributed by atoms with Crippen molar-refractivity contribution in [1.29, 1.82) is 0 Å². The zero-order valence-electron chi connectivity index (χ0n) is 13.1. The van der Waals surface area contributed by atoms with Gasteiger partial charge in [0.1, 0.15) is 0 Å². The maximum Gasteiger partial charge on any atom is 0.321 e. The first-order chi connectivity index (χ1) is 11.0. The number of nitrogens with one attached hydrogen (secondary N) is 2. The van der Waals surface area contributed by atoms with Crippen LogP contribution in [0.15, 0.2) is 34.2 Å². The Morgan fingerprint density at radius 2 is 2.04 bits per heavy atom. The number of hydrogen-bond acceptors (Lipinski definition) is 5. The van der Waals surface area contributed by atoms with Gasteiger partial charge < -0.3 is 5.32 Å². The molecule has 0 bridgehead atoms. The largest absolute Gasteiger partial charge is 0.341 e. The van der Waals surface area contributed by atoms with Crippen LogP contribution in [0.3, 0.4) is 0 Å². The van der Waals surface area contributed by atoms with Crippen LogP contribution < -0.4 is 16.2 Å². The number of benzene rings is 1. The summed E-state index contributed by atoms with van der Waals surface area (Å²) in [4.78, 5) is 40.1. The Kier molecular flexibility index (Phi) is 5.38. The summed E-state index contributed by atoms with van der Waals surface area (Å²) in [6.07, 6.45) is 0. The predicted octanol–water partition coefficient (Wildman–Crippen LogP) is 1.35. The SMILES string of the molecule is CCn1c(S[C@H](C)C(=O)NC(=O)NC)nc2ccccc2c1=O. The first-order valence-corrected chi connectivity index (χ1v) is 8.04. The molecule has 0 radical (unpaired) electrons. The fourth-order valence-electron chi connectivity index (χ4n) is 2.00. The van der Waals surface area contributed by atoms with Gasteiger partial charge in [-0.15, -0.1) is 0 Å². The molecule has 1 aromatic carbocycles. The van der Waals surface area contributed by atoms with Crippen molar-refractivity contribution in [2.24, 2.45) is 0 Å². The number of amides is 3. The van der Waals surface area contributed by atoms with E-state index in [0.717, 1.165) is 11.8 Å². The van der Waals surface area contributed by atoms with E-state index in [-0.39, 0.29) is 5.56 Å². The van der Waals surface area contributed by atoms with Crippen molar-refractivity contribution in [3.8, 4) is 0 Å². The molecule has 1 aromatic heterocycles. The molecule has 0 aliphatic heterocycles. The lowest BCUT2D eigenvalue weighted by Gasteiger charge is -2.14. The van der Waals surface area contributed by atoms with Crippen LogP contribution >= 0.6 is 11.8 Å². The number of imide groups is 1. The molecular weight excluding hydrogens is 316 g/mol. The molecule has 8 heteroatoms. The van der Waals surface area contributed by atoms with Gasteiger partial charge in [0.2, 0.25) is 5.91 Å². The predicted molar refractivity (Wildman–Crippen MR) is 89.6 cm³/mol. The van der Waals surface area contributed by atoms with Crippen molar-refractivity contribution in [3.63, 3.8) is 0 Å². The minimum Gasteiger partial charge on any atom is -0.341 e. The minimum atomic E-state index is -0.571. The molecule has 0 spiro atoms. The molecule has 3 amide bonds. The van der Waals surface area contributed by atoms with Gasteiger partial charge in [-0.2, -0.15) is 0 Å². The second-order valence-electron chi connectivity index (χ2n) is 4.79. The lowest BCUT2D eigenvalue weighted by Crippen LogP contribution is -2.41. The molecule has 0 aliphatic carbocycles. The molecule has 2 aromatic rings. The lowest BCUT2D eigenvalue weighted by molar-refractivity contribution is -0.119. The highest BCUT2D eigenvalue weighted by Gasteiger charge is 2.20. The standard InChI is InChI=1S/C15H18N4O3S/c1-4-19-13(21)10-7-5-6-8-11(10)17-15(19)23-9(2)12(20)18-14(22)16-3/h5-9H,4H2,1-3H3,(H2,16,18,20,22)/t9-/m1/s1. The molecule has 2 N–H and O–H groups in total. The van der Waals surface area contributed by atoms with Crippen LogP contribution in [-0.4, -0.2) is 33.8 Å². The quantitative estimate of drug-likeness (QED) is 0.650. The number of fused-ring (bicyclic) bond motifs is 1. The van der Waals surface area contributed by atoms with Crippen molar-refractivity contribution in [2.75, 3.05) is 7.05 Å². The molecule has 1 heterocycles. The van der Waals surface area contributed by atoms with Gasteiger partial charge in [0, 0.05) is 13.6 Å². The number of nitrogens with zero attached hydrogens (tertiary/aromatic N) is 2. The van der Waals surface area contributed by atoms with E-state index in [9.17, 15) is 14.4 Å². The third-order valence-corrected chi connectivity index (χ3v) is 4.35. The van der Waals surface area contributed by atoms with Crippen LogP contribution in [0.25, 0.3) is 10.9 Å². The summed E-state index contributed by atoms with van der Waals surface area (Å²) >= 11 is 1.14. The summed E-state index contributed by atoms with van der Waals surface area (Å²) in [6, 6.07) is 6.52. The van der Waals surface area contributed by atoms with Crippen molar-refractivity contribution >= 4 is 34.6 Å². The number of carbonyl (C=O) groups excluding carboxylic acids is 2. The zero-order chi connectivity index (χ0) is 17.0. The molecule has 23 heavy (non-hydrogen) atoms. The van der Waals surface area contributed by atoms with Crippen LogP contribution in [0.2, 0.25) is 0 Å². The van der Waals surface area contributed by atoms with Crippen LogP contribution in [-0.2, 0) is 11.3 Å². The Hall–Kier alpha value is -2.35. The summed E-state index contributed by atoms with van der Waals surface area (Å²) in [7, 11) is 1.43. The Morgan fingerprint density at radius 1 is 1.35 bits per heavy atom. The molecule has 0 unspecified atom stereocenters. The number of aromatic nitrogens is 2. The number of urea groups is 1. The molecule has 2 rings (SSSR count). The van der Waals surface area contributed by atoms with Crippen LogP contribution in [0.1, 0.15) is 13.8 Å². The van der Waals surface area contributed by atoms with Crippen molar-refractivity contribution < 1.29 is 9.59 Å². The Morgan fingerprint density at radius 3 is 2.70 bits per heavy atom.